The Hall–Kier alpha value is -2.98. The minimum atomic E-state index is -3.85. The second-order valence-corrected chi connectivity index (χ2v) is 10.8. The molecule has 3 rings (SSSR count). The van der Waals surface area contributed by atoms with E-state index in [2.05, 4.69) is 5.32 Å². The van der Waals surface area contributed by atoms with E-state index in [9.17, 15) is 18.0 Å². The van der Waals surface area contributed by atoms with Crippen LogP contribution in [0.5, 0.6) is 11.5 Å². The first-order chi connectivity index (χ1) is 17.2. The predicted molar refractivity (Wildman–Crippen MR) is 139 cm³/mol. The van der Waals surface area contributed by atoms with Crippen LogP contribution in [0.1, 0.15) is 32.8 Å². The van der Waals surface area contributed by atoms with Gasteiger partial charge in [0.2, 0.25) is 21.8 Å². The van der Waals surface area contributed by atoms with Gasteiger partial charge in [-0.25, -0.2) is 8.42 Å². The number of benzene rings is 2. The van der Waals surface area contributed by atoms with Crippen molar-refractivity contribution < 1.29 is 27.5 Å². The number of amides is 2. The topological polar surface area (TPSA) is 105 Å². The minimum absolute atomic E-state index is 0.0509. The lowest BCUT2D eigenvalue weighted by Crippen LogP contribution is -2.52. The fourth-order valence-electron chi connectivity index (χ4n) is 3.93. The average Bonchev–Trinajstić information content (AvgIpc) is 2.87. The Morgan fingerprint density at radius 3 is 2.39 bits per heavy atom. The number of sulfonamides is 1. The monoisotopic (exact) mass is 537 g/mol. The Bertz CT molecular complexity index is 1190. The Morgan fingerprint density at radius 2 is 1.75 bits per heavy atom. The van der Waals surface area contributed by atoms with Gasteiger partial charge in [-0.1, -0.05) is 36.7 Å². The van der Waals surface area contributed by atoms with E-state index in [1.54, 1.807) is 56.3 Å². The average molecular weight is 538 g/mol. The van der Waals surface area contributed by atoms with Crippen LogP contribution in [-0.2, 0) is 26.2 Å². The highest BCUT2D eigenvalue weighted by atomic mass is 35.5. The summed E-state index contributed by atoms with van der Waals surface area (Å²) in [5.41, 5.74) is 0.928. The predicted octanol–water partition coefficient (Wildman–Crippen LogP) is 3.21. The molecule has 1 N–H and O–H groups in total. The normalized spacial score (nSPS) is 13.6. The molecular formula is C25H32ClN3O6S. The van der Waals surface area contributed by atoms with Crippen LogP contribution in [0.4, 0.5) is 5.69 Å². The number of rotatable bonds is 11. The first-order valence-corrected chi connectivity index (χ1v) is 13.9. The third kappa shape index (κ3) is 6.41. The molecule has 1 heterocycles. The summed E-state index contributed by atoms with van der Waals surface area (Å²) in [5.74, 6) is -0.145. The summed E-state index contributed by atoms with van der Waals surface area (Å²) in [6.07, 6.45) is 0.340. The number of hydrogen-bond acceptors (Lipinski definition) is 6. The smallest absolute Gasteiger partial charge is 0.244 e. The molecule has 0 aromatic heterocycles. The minimum Gasteiger partial charge on any atom is -0.486 e. The van der Waals surface area contributed by atoms with Gasteiger partial charge in [0.15, 0.2) is 11.5 Å². The van der Waals surface area contributed by atoms with E-state index in [1.807, 2.05) is 0 Å². The number of nitrogens with zero attached hydrogens (tertiary/aromatic N) is 2. The van der Waals surface area contributed by atoms with Crippen molar-refractivity contribution in [1.82, 2.24) is 10.2 Å². The lowest BCUT2D eigenvalue weighted by Gasteiger charge is -2.33. The molecule has 0 saturated carbocycles. The molecular weight excluding hydrogens is 506 g/mol. The quantitative estimate of drug-likeness (QED) is 0.472. The van der Waals surface area contributed by atoms with Gasteiger partial charge < -0.3 is 19.7 Å². The molecule has 0 fully saturated rings. The Balaban J connectivity index is 1.99. The maximum atomic E-state index is 13.7. The molecule has 1 atom stereocenters. The summed E-state index contributed by atoms with van der Waals surface area (Å²) in [4.78, 5) is 28.0. The molecule has 0 unspecified atom stereocenters. The summed E-state index contributed by atoms with van der Waals surface area (Å²) in [5, 5.41) is 3.21. The van der Waals surface area contributed by atoms with E-state index in [0.717, 1.165) is 4.31 Å². The molecule has 0 spiro atoms. The number of nitrogens with one attached hydrogen (secondary N) is 1. The van der Waals surface area contributed by atoms with Gasteiger partial charge in [0.05, 0.1) is 11.4 Å². The van der Waals surface area contributed by atoms with Crippen LogP contribution in [0.15, 0.2) is 42.5 Å². The molecule has 2 aromatic carbocycles. The van der Waals surface area contributed by atoms with Crippen molar-refractivity contribution in [3.63, 3.8) is 0 Å². The van der Waals surface area contributed by atoms with Crippen LogP contribution in [-0.4, -0.2) is 63.2 Å². The molecule has 1 aliphatic heterocycles. The number of likely N-dealkylation sites (N-methyl/N-ethyl adjacent to an activating group) is 1. The Kier molecular flexibility index (Phi) is 9.44. The van der Waals surface area contributed by atoms with Crippen LogP contribution in [0.25, 0.3) is 0 Å². The van der Waals surface area contributed by atoms with Gasteiger partial charge in [-0.15, -0.1) is 0 Å². The van der Waals surface area contributed by atoms with Crippen molar-refractivity contribution in [1.29, 1.82) is 0 Å². The van der Waals surface area contributed by atoms with Crippen molar-refractivity contribution in [3.05, 3.63) is 53.1 Å². The highest BCUT2D eigenvalue weighted by Gasteiger charge is 2.33. The summed E-state index contributed by atoms with van der Waals surface area (Å²) in [6, 6.07) is 11.0. The van der Waals surface area contributed by atoms with Crippen LogP contribution >= 0.6 is 11.6 Å². The highest BCUT2D eigenvalue weighted by molar-refractivity contribution is 7.92. The van der Waals surface area contributed by atoms with Crippen molar-refractivity contribution in [2.45, 2.75) is 39.8 Å². The van der Waals surface area contributed by atoms with Crippen molar-refractivity contribution in [3.8, 4) is 11.5 Å². The zero-order chi connectivity index (χ0) is 26.3. The van der Waals surface area contributed by atoms with Gasteiger partial charge in [0.1, 0.15) is 25.8 Å². The van der Waals surface area contributed by atoms with Gasteiger partial charge >= 0.3 is 0 Å². The van der Waals surface area contributed by atoms with Crippen LogP contribution in [0.3, 0.4) is 0 Å². The second-order valence-electron chi connectivity index (χ2n) is 8.17. The van der Waals surface area contributed by atoms with E-state index >= 15 is 0 Å². The molecule has 0 saturated heterocycles. The molecule has 2 aromatic rings. The first-order valence-electron chi connectivity index (χ1n) is 11.9. The van der Waals surface area contributed by atoms with Crippen LogP contribution in [0.2, 0.25) is 5.02 Å². The Morgan fingerprint density at radius 1 is 1.06 bits per heavy atom. The number of ether oxygens (including phenoxy) is 2. The maximum absolute atomic E-state index is 13.7. The van der Waals surface area contributed by atoms with E-state index < -0.39 is 28.5 Å². The fourth-order valence-corrected chi connectivity index (χ4v) is 5.18. The maximum Gasteiger partial charge on any atom is 0.244 e. The van der Waals surface area contributed by atoms with Gasteiger partial charge in [-0.05, 0) is 44.0 Å². The summed E-state index contributed by atoms with van der Waals surface area (Å²) in [6.45, 7) is 5.80. The van der Waals surface area contributed by atoms with Gasteiger partial charge in [0.25, 0.3) is 0 Å². The van der Waals surface area contributed by atoms with Gasteiger partial charge in [-0.3, -0.25) is 13.9 Å². The second kappa shape index (κ2) is 12.3. The van der Waals surface area contributed by atoms with Gasteiger partial charge in [-0.2, -0.15) is 0 Å². The third-order valence-electron chi connectivity index (χ3n) is 5.83. The molecule has 9 nitrogen and oxygen atoms in total. The fraction of sp³-hybridized carbons (Fsp3) is 0.440. The lowest BCUT2D eigenvalue weighted by molar-refractivity contribution is -0.140. The molecule has 0 radical (unpaired) electrons. The number of halogens is 1. The van der Waals surface area contributed by atoms with Crippen molar-refractivity contribution >= 4 is 39.1 Å². The van der Waals surface area contributed by atoms with Gasteiger partial charge in [0, 0.05) is 24.2 Å². The molecule has 196 valence electrons. The molecule has 0 aliphatic carbocycles. The zero-order valence-corrected chi connectivity index (χ0v) is 22.3. The molecule has 0 bridgehead atoms. The SMILES string of the molecule is CCNC(=O)[C@@H](CC)N(Cc1ccccc1Cl)C(=O)CN(c1ccc2c(c1)OCCO2)S(=O)(=O)CC. The van der Waals surface area contributed by atoms with Crippen LogP contribution in [0, 0.1) is 0 Å². The standard InChI is InChI=1S/C25H32ClN3O6S/c1-4-21(25(31)27-5-2)28(16-18-9-7-8-10-20(18)26)24(30)17-29(36(32,33)6-3)19-11-12-22-23(15-19)35-14-13-34-22/h7-12,15,21H,4-6,13-14,16-17H2,1-3H3,(H,27,31)/t21-/m1/s1. The Labute approximate surface area is 217 Å². The van der Waals surface area contributed by atoms with E-state index in [-0.39, 0.29) is 23.9 Å². The molecule has 2 amide bonds. The van der Waals surface area contributed by atoms with E-state index in [1.165, 1.54) is 11.8 Å². The number of hydrogen-bond donors (Lipinski definition) is 1. The number of anilines is 1. The number of fused-ring (bicyclic) bond motifs is 1. The zero-order valence-electron chi connectivity index (χ0n) is 20.7. The van der Waals surface area contributed by atoms with Crippen molar-refractivity contribution in [2.24, 2.45) is 0 Å². The van der Waals surface area contributed by atoms with E-state index in [0.29, 0.717) is 48.3 Å². The largest absolute Gasteiger partial charge is 0.486 e. The molecule has 1 aliphatic rings. The summed E-state index contributed by atoms with van der Waals surface area (Å²) < 4.78 is 38.4. The highest BCUT2D eigenvalue weighted by Crippen LogP contribution is 2.35. The summed E-state index contributed by atoms with van der Waals surface area (Å²) in [7, 11) is -3.85. The molecule has 36 heavy (non-hydrogen) atoms. The van der Waals surface area contributed by atoms with Crippen LogP contribution < -0.4 is 19.1 Å². The third-order valence-corrected chi connectivity index (χ3v) is 7.94. The number of carbonyl (C=O) groups is 2. The molecule has 11 heteroatoms. The van der Waals surface area contributed by atoms with Crippen molar-refractivity contribution in [2.75, 3.05) is 36.4 Å². The first kappa shape index (κ1) is 27.6. The van der Waals surface area contributed by atoms with E-state index in [4.69, 9.17) is 21.1 Å². The number of carbonyl (C=O) groups excluding carboxylic acids is 2. The lowest BCUT2D eigenvalue weighted by atomic mass is 10.1. The summed E-state index contributed by atoms with van der Waals surface area (Å²) >= 11 is 6.36.